The molecule has 1 fully saturated rings. The highest BCUT2D eigenvalue weighted by atomic mass is 19.4. The number of amides is 2. The number of piperazine rings is 1. The second-order valence-corrected chi connectivity index (χ2v) is 11.1. The lowest BCUT2D eigenvalue weighted by Crippen LogP contribution is -2.58. The molecule has 0 saturated carbocycles. The quantitative estimate of drug-likeness (QED) is 0.294. The van der Waals surface area contributed by atoms with Crippen LogP contribution < -0.4 is 0 Å². The Morgan fingerprint density at radius 2 is 1.44 bits per heavy atom. The maximum absolute atomic E-state index is 13.6. The van der Waals surface area contributed by atoms with E-state index in [1.54, 1.807) is 4.90 Å². The first kappa shape index (κ1) is 32.1. The van der Waals surface area contributed by atoms with Crippen molar-refractivity contribution in [3.05, 3.63) is 106 Å². The lowest BCUT2D eigenvalue weighted by Gasteiger charge is -2.42. The van der Waals surface area contributed by atoms with Crippen molar-refractivity contribution >= 4 is 11.8 Å². The Kier molecular flexibility index (Phi) is 9.54. The molecule has 1 atom stereocenters. The lowest BCUT2D eigenvalue weighted by molar-refractivity contribution is -0.143. The standard InChI is InChI=1S/C32H33F6N3O2/c1-21-9-10-24(13-22(21)2)14-28-19-40(29(42)20-39(3)18-23-7-5-4-6-8-23)11-12-41(28)30(43)25-15-26(31(33,34)35)17-27(16-25)32(36,37)38/h4-10,13,15-17,28H,11-12,14,18-20H2,1-3H3. The molecule has 5 nitrogen and oxygen atoms in total. The average Bonchev–Trinajstić information content (AvgIpc) is 2.94. The summed E-state index contributed by atoms with van der Waals surface area (Å²) in [5.74, 6) is -1.13. The molecule has 43 heavy (non-hydrogen) atoms. The Morgan fingerprint density at radius 1 is 0.814 bits per heavy atom. The fraction of sp³-hybridized carbons (Fsp3) is 0.375. The molecule has 0 N–H and O–H groups in total. The summed E-state index contributed by atoms with van der Waals surface area (Å²) in [5, 5.41) is 0. The van der Waals surface area contributed by atoms with E-state index in [9.17, 15) is 35.9 Å². The van der Waals surface area contributed by atoms with Gasteiger partial charge >= 0.3 is 12.4 Å². The predicted molar refractivity (Wildman–Crippen MR) is 150 cm³/mol. The molecule has 1 unspecified atom stereocenters. The van der Waals surface area contributed by atoms with E-state index >= 15 is 0 Å². The van der Waals surface area contributed by atoms with Gasteiger partial charge in [0.2, 0.25) is 5.91 Å². The zero-order valence-corrected chi connectivity index (χ0v) is 24.1. The second-order valence-electron chi connectivity index (χ2n) is 11.1. The van der Waals surface area contributed by atoms with Gasteiger partial charge in [0.05, 0.1) is 23.7 Å². The van der Waals surface area contributed by atoms with Crippen LogP contribution in [0.4, 0.5) is 26.3 Å². The molecule has 0 radical (unpaired) electrons. The van der Waals surface area contributed by atoms with E-state index < -0.39 is 41.0 Å². The van der Waals surface area contributed by atoms with Crippen LogP contribution in [0.1, 0.15) is 43.7 Å². The number of nitrogens with zero attached hydrogens (tertiary/aromatic N) is 3. The van der Waals surface area contributed by atoms with Gasteiger partial charge in [-0.2, -0.15) is 26.3 Å². The van der Waals surface area contributed by atoms with Crippen LogP contribution in [0.15, 0.2) is 66.7 Å². The summed E-state index contributed by atoms with van der Waals surface area (Å²) in [6.45, 7) is 4.63. The van der Waals surface area contributed by atoms with Gasteiger partial charge in [0.25, 0.3) is 5.91 Å². The van der Waals surface area contributed by atoms with Crippen LogP contribution in [0.2, 0.25) is 0 Å². The van der Waals surface area contributed by atoms with Crippen molar-refractivity contribution in [3.63, 3.8) is 0 Å². The third-order valence-corrected chi connectivity index (χ3v) is 7.67. The summed E-state index contributed by atoms with van der Waals surface area (Å²) in [7, 11) is 1.81. The number of halogens is 6. The van der Waals surface area contributed by atoms with E-state index in [-0.39, 0.29) is 44.6 Å². The van der Waals surface area contributed by atoms with Crippen molar-refractivity contribution in [2.75, 3.05) is 33.2 Å². The summed E-state index contributed by atoms with van der Waals surface area (Å²) < 4.78 is 81.1. The van der Waals surface area contributed by atoms with E-state index in [2.05, 4.69) is 0 Å². The Morgan fingerprint density at radius 3 is 2.02 bits per heavy atom. The minimum atomic E-state index is -5.08. The molecule has 3 aromatic rings. The molecule has 4 rings (SSSR count). The summed E-state index contributed by atoms with van der Waals surface area (Å²) in [4.78, 5) is 31.7. The van der Waals surface area contributed by atoms with Gasteiger partial charge < -0.3 is 9.80 Å². The van der Waals surface area contributed by atoms with Crippen molar-refractivity contribution in [2.24, 2.45) is 0 Å². The average molecular weight is 606 g/mol. The molecular formula is C32H33F6N3O2. The number of carbonyl (C=O) groups excluding carboxylic acids is 2. The van der Waals surface area contributed by atoms with Crippen LogP contribution in [0, 0.1) is 13.8 Å². The molecule has 0 aliphatic carbocycles. The molecule has 3 aromatic carbocycles. The molecule has 0 bridgehead atoms. The van der Waals surface area contributed by atoms with E-state index in [4.69, 9.17) is 0 Å². The van der Waals surface area contributed by atoms with Crippen molar-refractivity contribution in [3.8, 4) is 0 Å². The molecular weight excluding hydrogens is 572 g/mol. The third-order valence-electron chi connectivity index (χ3n) is 7.67. The van der Waals surface area contributed by atoms with Crippen LogP contribution in [0.25, 0.3) is 0 Å². The van der Waals surface area contributed by atoms with Crippen LogP contribution in [-0.2, 0) is 30.1 Å². The number of aryl methyl sites for hydroxylation is 2. The Labute approximate surface area is 246 Å². The summed E-state index contributed by atoms with van der Waals surface area (Å²) >= 11 is 0. The van der Waals surface area contributed by atoms with Gasteiger partial charge in [0.15, 0.2) is 0 Å². The minimum Gasteiger partial charge on any atom is -0.338 e. The summed E-state index contributed by atoms with van der Waals surface area (Å²) in [6.07, 6.45) is -9.89. The number of likely N-dealkylation sites (N-methyl/N-ethyl adjacent to an activating group) is 1. The highest BCUT2D eigenvalue weighted by Crippen LogP contribution is 2.37. The van der Waals surface area contributed by atoms with Crippen molar-refractivity contribution in [1.82, 2.24) is 14.7 Å². The fourth-order valence-electron chi connectivity index (χ4n) is 5.25. The van der Waals surface area contributed by atoms with Crippen molar-refractivity contribution < 1.29 is 35.9 Å². The topological polar surface area (TPSA) is 43.9 Å². The first-order chi connectivity index (χ1) is 20.1. The monoisotopic (exact) mass is 605 g/mol. The molecule has 1 aliphatic heterocycles. The van der Waals surface area contributed by atoms with Crippen LogP contribution in [-0.4, -0.2) is 65.8 Å². The Hall–Kier alpha value is -3.86. The number of alkyl halides is 6. The molecule has 1 aliphatic rings. The normalized spacial score (nSPS) is 16.1. The largest absolute Gasteiger partial charge is 0.416 e. The summed E-state index contributed by atoms with van der Waals surface area (Å²) in [6, 6.07) is 15.6. The number of benzene rings is 3. The van der Waals surface area contributed by atoms with Gasteiger partial charge in [-0.25, -0.2) is 0 Å². The van der Waals surface area contributed by atoms with Gasteiger partial charge in [-0.1, -0.05) is 48.5 Å². The van der Waals surface area contributed by atoms with Crippen LogP contribution in [0.5, 0.6) is 0 Å². The van der Waals surface area contributed by atoms with Gasteiger partial charge in [-0.3, -0.25) is 14.5 Å². The highest BCUT2D eigenvalue weighted by molar-refractivity contribution is 5.95. The third kappa shape index (κ3) is 8.16. The van der Waals surface area contributed by atoms with Gasteiger partial charge in [0, 0.05) is 31.7 Å². The molecule has 0 aromatic heterocycles. The SMILES string of the molecule is Cc1ccc(CC2CN(C(=O)CN(C)Cc3ccccc3)CCN2C(=O)c2cc(C(F)(F)F)cc(C(F)(F)F)c2)cc1C. The van der Waals surface area contributed by atoms with E-state index in [1.165, 1.54) is 4.90 Å². The Balaban J connectivity index is 1.60. The Bertz CT molecular complexity index is 1420. The molecule has 230 valence electrons. The number of hydrogen-bond acceptors (Lipinski definition) is 3. The van der Waals surface area contributed by atoms with E-state index in [0.717, 1.165) is 22.3 Å². The number of rotatable bonds is 7. The lowest BCUT2D eigenvalue weighted by atomic mass is 9.97. The molecule has 1 heterocycles. The second kappa shape index (κ2) is 12.8. The fourth-order valence-corrected chi connectivity index (χ4v) is 5.25. The number of hydrogen-bond donors (Lipinski definition) is 0. The first-order valence-electron chi connectivity index (χ1n) is 13.8. The van der Waals surface area contributed by atoms with E-state index in [1.807, 2.05) is 74.3 Å². The summed E-state index contributed by atoms with van der Waals surface area (Å²) in [5.41, 5.74) is 0.103. The van der Waals surface area contributed by atoms with E-state index in [0.29, 0.717) is 18.7 Å². The molecule has 0 spiro atoms. The zero-order valence-electron chi connectivity index (χ0n) is 24.1. The molecule has 11 heteroatoms. The molecule has 1 saturated heterocycles. The minimum absolute atomic E-state index is 0.00585. The van der Waals surface area contributed by atoms with Crippen LogP contribution >= 0.6 is 0 Å². The van der Waals surface area contributed by atoms with Gasteiger partial charge in [-0.05, 0) is 67.8 Å². The zero-order chi connectivity index (χ0) is 31.5. The van der Waals surface area contributed by atoms with Gasteiger partial charge in [-0.15, -0.1) is 0 Å². The highest BCUT2D eigenvalue weighted by Gasteiger charge is 2.39. The smallest absolute Gasteiger partial charge is 0.338 e. The van der Waals surface area contributed by atoms with Crippen molar-refractivity contribution in [2.45, 2.75) is 45.2 Å². The predicted octanol–water partition coefficient (Wildman–Crippen LogP) is 6.37. The van der Waals surface area contributed by atoms with Crippen molar-refractivity contribution in [1.29, 1.82) is 0 Å². The number of carbonyl (C=O) groups is 2. The first-order valence-corrected chi connectivity index (χ1v) is 13.8. The molecule has 2 amide bonds. The maximum atomic E-state index is 13.6. The van der Waals surface area contributed by atoms with Gasteiger partial charge in [0.1, 0.15) is 0 Å². The van der Waals surface area contributed by atoms with Crippen LogP contribution in [0.3, 0.4) is 0 Å². The maximum Gasteiger partial charge on any atom is 0.416 e.